The molecule has 0 spiro atoms. The highest BCUT2D eigenvalue weighted by Crippen LogP contribution is 2.47. The highest BCUT2D eigenvalue weighted by atomic mass is 16.7. The summed E-state index contributed by atoms with van der Waals surface area (Å²) in [6.45, 7) is 0.516. The number of ether oxygens (including phenoxy) is 2. The van der Waals surface area contributed by atoms with Crippen LogP contribution in [0, 0.1) is 0 Å². The Kier molecular flexibility index (Phi) is 3.49. The largest absolute Gasteiger partial charge is 0.454 e. The molecule has 4 aromatic rings. The van der Waals surface area contributed by atoms with Crippen molar-refractivity contribution in [1.82, 2.24) is 4.98 Å². The number of nitrogens with one attached hydrogen (secondary N) is 1. The number of para-hydroxylation sites is 2. The van der Waals surface area contributed by atoms with Gasteiger partial charge in [0.05, 0.1) is 12.2 Å². The molecule has 2 aliphatic rings. The van der Waals surface area contributed by atoms with Gasteiger partial charge in [0.2, 0.25) is 6.79 Å². The first-order chi connectivity index (χ1) is 14.7. The van der Waals surface area contributed by atoms with E-state index in [-0.39, 0.29) is 12.7 Å². The molecule has 30 heavy (non-hydrogen) atoms. The zero-order chi connectivity index (χ0) is 20.3. The second-order valence-electron chi connectivity index (χ2n) is 7.55. The van der Waals surface area contributed by atoms with E-state index in [0.29, 0.717) is 34.9 Å². The van der Waals surface area contributed by atoms with E-state index in [1.807, 2.05) is 66.7 Å². The maximum atomic E-state index is 13.7. The lowest BCUT2D eigenvalue weighted by Crippen LogP contribution is -2.40. The van der Waals surface area contributed by atoms with E-state index < -0.39 is 5.60 Å². The molecule has 3 aromatic carbocycles. The molecule has 148 valence electrons. The van der Waals surface area contributed by atoms with E-state index in [9.17, 15) is 9.90 Å². The number of hydrogen-bond acceptors (Lipinski definition) is 4. The number of rotatable bonds is 3. The Bertz CT molecular complexity index is 1310. The molecule has 1 amide bonds. The van der Waals surface area contributed by atoms with Crippen LogP contribution in [0.4, 0.5) is 5.69 Å². The fourth-order valence-electron chi connectivity index (χ4n) is 4.44. The molecule has 0 saturated carbocycles. The molecule has 0 aliphatic carbocycles. The number of carbonyl (C=O) groups is 1. The van der Waals surface area contributed by atoms with Crippen LogP contribution in [0.15, 0.2) is 72.9 Å². The Balaban J connectivity index is 1.47. The zero-order valence-corrected chi connectivity index (χ0v) is 16.0. The van der Waals surface area contributed by atoms with Crippen LogP contribution in [0.1, 0.15) is 16.7 Å². The number of amides is 1. The highest BCUT2D eigenvalue weighted by Gasteiger charge is 2.52. The van der Waals surface area contributed by atoms with Crippen LogP contribution >= 0.6 is 0 Å². The van der Waals surface area contributed by atoms with Crippen molar-refractivity contribution < 1.29 is 19.4 Å². The molecule has 6 heteroatoms. The van der Waals surface area contributed by atoms with Gasteiger partial charge >= 0.3 is 0 Å². The summed E-state index contributed by atoms with van der Waals surface area (Å²) in [6, 6.07) is 20.7. The predicted octanol–water partition coefficient (Wildman–Crippen LogP) is 3.68. The smallest absolute Gasteiger partial charge is 0.268 e. The normalized spacial score (nSPS) is 19.5. The Labute approximate surface area is 172 Å². The lowest BCUT2D eigenvalue weighted by Gasteiger charge is -2.23. The van der Waals surface area contributed by atoms with Crippen LogP contribution in [-0.2, 0) is 16.9 Å². The molecule has 0 radical (unpaired) electrons. The number of carbonyl (C=O) groups excluding carboxylic acids is 1. The van der Waals surface area contributed by atoms with Gasteiger partial charge in [0.15, 0.2) is 17.1 Å². The lowest BCUT2D eigenvalue weighted by molar-refractivity contribution is -0.132. The van der Waals surface area contributed by atoms with E-state index in [1.165, 1.54) is 0 Å². The monoisotopic (exact) mass is 398 g/mol. The third kappa shape index (κ3) is 2.25. The van der Waals surface area contributed by atoms with Gasteiger partial charge in [0.1, 0.15) is 0 Å². The minimum absolute atomic E-state index is 0.199. The number of nitrogens with zero attached hydrogens (tertiary/aromatic N) is 1. The van der Waals surface area contributed by atoms with E-state index in [0.717, 1.165) is 16.5 Å². The Morgan fingerprint density at radius 1 is 0.967 bits per heavy atom. The molecule has 6 nitrogen and oxygen atoms in total. The summed E-state index contributed by atoms with van der Waals surface area (Å²) >= 11 is 0. The highest BCUT2D eigenvalue weighted by molar-refractivity contribution is 6.11. The van der Waals surface area contributed by atoms with Crippen molar-refractivity contribution >= 4 is 22.5 Å². The zero-order valence-electron chi connectivity index (χ0n) is 16.0. The van der Waals surface area contributed by atoms with Crippen molar-refractivity contribution in [3.63, 3.8) is 0 Å². The molecular weight excluding hydrogens is 380 g/mol. The standard InChI is InChI=1S/C24H18N2O4/c27-23-24(28,18-12-25-19-7-3-1-5-16(18)19)17-6-2-4-8-20(17)26(23)13-15-9-10-21-22(11-15)30-14-29-21/h1-12,25,28H,13-14H2/t24-/m1/s1. The summed E-state index contributed by atoms with van der Waals surface area (Å²) in [7, 11) is 0. The van der Waals surface area contributed by atoms with Crippen LogP contribution in [0.25, 0.3) is 10.9 Å². The van der Waals surface area contributed by atoms with Crippen LogP contribution in [0.5, 0.6) is 11.5 Å². The summed E-state index contributed by atoms with van der Waals surface area (Å²) in [6.07, 6.45) is 1.73. The number of benzene rings is 3. The molecule has 2 N–H and O–H groups in total. The van der Waals surface area contributed by atoms with Gasteiger partial charge in [-0.2, -0.15) is 0 Å². The molecule has 0 bridgehead atoms. The first-order valence-electron chi connectivity index (χ1n) is 9.75. The van der Waals surface area contributed by atoms with E-state index in [4.69, 9.17) is 9.47 Å². The minimum Gasteiger partial charge on any atom is -0.454 e. The van der Waals surface area contributed by atoms with E-state index >= 15 is 0 Å². The first kappa shape index (κ1) is 17.1. The average Bonchev–Trinajstić information content (AvgIpc) is 3.47. The van der Waals surface area contributed by atoms with E-state index in [2.05, 4.69) is 4.98 Å². The van der Waals surface area contributed by atoms with Crippen molar-refractivity contribution in [1.29, 1.82) is 0 Å². The molecule has 3 heterocycles. The third-order valence-electron chi connectivity index (χ3n) is 5.90. The number of hydrogen-bond donors (Lipinski definition) is 2. The molecular formula is C24H18N2O4. The van der Waals surface area contributed by atoms with Crippen molar-refractivity contribution in [2.24, 2.45) is 0 Å². The van der Waals surface area contributed by atoms with Crippen molar-refractivity contribution in [3.05, 3.63) is 89.6 Å². The molecule has 2 aliphatic heterocycles. The Morgan fingerprint density at radius 3 is 2.70 bits per heavy atom. The van der Waals surface area contributed by atoms with Crippen molar-refractivity contribution in [2.45, 2.75) is 12.1 Å². The van der Waals surface area contributed by atoms with Crippen LogP contribution in [0.2, 0.25) is 0 Å². The summed E-state index contributed by atoms with van der Waals surface area (Å²) in [5.41, 5.74) is 1.86. The number of aliphatic hydroxyl groups is 1. The predicted molar refractivity (Wildman–Crippen MR) is 111 cm³/mol. The van der Waals surface area contributed by atoms with Crippen LogP contribution in [0.3, 0.4) is 0 Å². The fraction of sp³-hybridized carbons (Fsp3) is 0.125. The van der Waals surface area contributed by atoms with Gasteiger partial charge in [-0.15, -0.1) is 0 Å². The molecule has 0 fully saturated rings. The minimum atomic E-state index is -1.76. The molecule has 1 aromatic heterocycles. The van der Waals surface area contributed by atoms with E-state index in [1.54, 1.807) is 11.1 Å². The Morgan fingerprint density at radius 2 is 1.77 bits per heavy atom. The van der Waals surface area contributed by atoms with Gasteiger partial charge < -0.3 is 24.5 Å². The van der Waals surface area contributed by atoms with Gasteiger partial charge in [-0.25, -0.2) is 0 Å². The number of aromatic amines is 1. The Hall–Kier alpha value is -3.77. The van der Waals surface area contributed by atoms with Crippen molar-refractivity contribution in [2.75, 3.05) is 11.7 Å². The van der Waals surface area contributed by atoms with Gasteiger partial charge in [-0.1, -0.05) is 42.5 Å². The molecule has 6 rings (SSSR count). The number of anilines is 1. The number of aromatic nitrogens is 1. The number of H-pyrrole nitrogens is 1. The maximum absolute atomic E-state index is 13.7. The van der Waals surface area contributed by atoms with Crippen LogP contribution < -0.4 is 14.4 Å². The number of fused-ring (bicyclic) bond motifs is 3. The second kappa shape index (κ2) is 6.11. The van der Waals surface area contributed by atoms with Gasteiger partial charge in [-0.3, -0.25) is 4.79 Å². The summed E-state index contributed by atoms with van der Waals surface area (Å²) in [5.74, 6) is 0.993. The SMILES string of the molecule is O=C1N(Cc2ccc3c(c2)OCO3)c2ccccc2[C@@]1(O)c1c[nH]c2ccccc12. The van der Waals surface area contributed by atoms with Gasteiger partial charge in [0.25, 0.3) is 5.91 Å². The summed E-state index contributed by atoms with van der Waals surface area (Å²) in [5, 5.41) is 12.6. The summed E-state index contributed by atoms with van der Waals surface area (Å²) < 4.78 is 10.8. The van der Waals surface area contributed by atoms with Gasteiger partial charge in [-0.05, 0) is 29.8 Å². The molecule has 1 atom stereocenters. The molecule has 0 saturated heterocycles. The first-order valence-corrected chi connectivity index (χ1v) is 9.75. The second-order valence-corrected chi connectivity index (χ2v) is 7.55. The fourth-order valence-corrected chi connectivity index (χ4v) is 4.44. The van der Waals surface area contributed by atoms with Crippen LogP contribution in [-0.4, -0.2) is 22.8 Å². The third-order valence-corrected chi connectivity index (χ3v) is 5.90. The average molecular weight is 398 g/mol. The maximum Gasteiger partial charge on any atom is 0.268 e. The quantitative estimate of drug-likeness (QED) is 0.552. The summed E-state index contributed by atoms with van der Waals surface area (Å²) in [4.78, 5) is 18.5. The topological polar surface area (TPSA) is 74.8 Å². The molecule has 0 unspecified atom stereocenters. The van der Waals surface area contributed by atoms with Gasteiger partial charge in [0, 0.05) is 28.2 Å². The lowest BCUT2D eigenvalue weighted by atomic mass is 9.87. The van der Waals surface area contributed by atoms with Crippen molar-refractivity contribution in [3.8, 4) is 11.5 Å².